The van der Waals surface area contributed by atoms with Gasteiger partial charge in [0.15, 0.2) is 0 Å². The van der Waals surface area contributed by atoms with E-state index in [9.17, 15) is 4.79 Å². The molecule has 0 amide bonds. The van der Waals surface area contributed by atoms with Crippen LogP contribution in [-0.4, -0.2) is 25.8 Å². The molecule has 0 aliphatic carbocycles. The third-order valence-corrected chi connectivity index (χ3v) is 2.43. The number of hydrogen-bond acceptors (Lipinski definition) is 4. The van der Waals surface area contributed by atoms with Crippen LogP contribution in [0.4, 0.5) is 0 Å². The number of aromatic carboxylic acids is 1. The maximum atomic E-state index is 11.0. The summed E-state index contributed by atoms with van der Waals surface area (Å²) >= 11 is 5.73. The van der Waals surface area contributed by atoms with Crippen molar-refractivity contribution < 1.29 is 14.6 Å². The van der Waals surface area contributed by atoms with Crippen LogP contribution >= 0.6 is 11.6 Å². The highest BCUT2D eigenvalue weighted by Crippen LogP contribution is 2.25. The Hall–Kier alpha value is -2.08. The van der Waals surface area contributed by atoms with Crippen molar-refractivity contribution in [2.45, 2.75) is 6.92 Å². The Morgan fingerprint density at radius 1 is 1.50 bits per heavy atom. The molecule has 6 nitrogen and oxygen atoms in total. The number of aromatic nitrogens is 3. The van der Waals surface area contributed by atoms with Gasteiger partial charge in [0.1, 0.15) is 10.7 Å². The molecule has 2 heterocycles. The molecule has 0 aliphatic rings. The predicted octanol–water partition coefficient (Wildman–Crippen LogP) is 2.27. The van der Waals surface area contributed by atoms with Crippen LogP contribution in [0.1, 0.15) is 16.1 Å². The van der Waals surface area contributed by atoms with Gasteiger partial charge in [0.2, 0.25) is 11.8 Å². The lowest BCUT2D eigenvalue weighted by Gasteiger charge is -2.07. The summed E-state index contributed by atoms with van der Waals surface area (Å²) in [6.07, 6.45) is 0. The van der Waals surface area contributed by atoms with Gasteiger partial charge in [-0.2, -0.15) is 5.10 Å². The summed E-state index contributed by atoms with van der Waals surface area (Å²) in [4.78, 5) is 14.9. The van der Waals surface area contributed by atoms with Crippen molar-refractivity contribution in [1.82, 2.24) is 14.8 Å². The van der Waals surface area contributed by atoms with E-state index in [0.717, 1.165) is 5.69 Å². The summed E-state index contributed by atoms with van der Waals surface area (Å²) in [5.74, 6) is -0.796. The summed E-state index contributed by atoms with van der Waals surface area (Å²) < 4.78 is 6.92. The minimum absolute atomic E-state index is 0.0572. The van der Waals surface area contributed by atoms with Crippen molar-refractivity contribution in [3.8, 4) is 11.8 Å². The fourth-order valence-corrected chi connectivity index (χ4v) is 1.58. The Morgan fingerprint density at radius 2 is 2.22 bits per heavy atom. The van der Waals surface area contributed by atoms with Crippen molar-refractivity contribution in [3.63, 3.8) is 0 Å². The minimum Gasteiger partial charge on any atom is -0.477 e. The second-order valence-electron chi connectivity index (χ2n) is 3.64. The minimum atomic E-state index is -1.13. The lowest BCUT2D eigenvalue weighted by atomic mass is 10.3. The van der Waals surface area contributed by atoms with Gasteiger partial charge in [-0.15, -0.1) is 0 Å². The Bertz CT molecular complexity index is 610. The molecule has 0 atom stereocenters. The fourth-order valence-electron chi connectivity index (χ4n) is 1.44. The zero-order valence-corrected chi connectivity index (χ0v) is 10.5. The number of aryl methyl sites for hydroxylation is 2. The molecule has 2 aromatic rings. The van der Waals surface area contributed by atoms with Crippen LogP contribution in [0.15, 0.2) is 18.2 Å². The smallest absolute Gasteiger partial charge is 0.341 e. The average Bonchev–Trinajstić information content (AvgIpc) is 2.57. The number of rotatable bonds is 3. The monoisotopic (exact) mass is 267 g/mol. The highest BCUT2D eigenvalue weighted by Gasteiger charge is 2.16. The third-order valence-electron chi connectivity index (χ3n) is 2.22. The van der Waals surface area contributed by atoms with E-state index < -0.39 is 5.97 Å². The normalized spacial score (nSPS) is 10.4. The van der Waals surface area contributed by atoms with Crippen LogP contribution in [-0.2, 0) is 7.05 Å². The largest absolute Gasteiger partial charge is 0.477 e. The van der Waals surface area contributed by atoms with Gasteiger partial charge >= 0.3 is 5.97 Å². The maximum Gasteiger partial charge on any atom is 0.341 e. The summed E-state index contributed by atoms with van der Waals surface area (Å²) in [5, 5.41) is 13.3. The number of carbonyl (C=O) groups is 1. The van der Waals surface area contributed by atoms with E-state index in [1.54, 1.807) is 20.0 Å². The van der Waals surface area contributed by atoms with Gasteiger partial charge in [0.25, 0.3) is 0 Å². The van der Waals surface area contributed by atoms with Crippen LogP contribution in [0.25, 0.3) is 0 Å². The Balaban J connectivity index is 2.42. The molecule has 0 bridgehead atoms. The number of carboxylic acids is 1. The first kappa shape index (κ1) is 12.4. The third kappa shape index (κ3) is 2.43. The van der Waals surface area contributed by atoms with Crippen molar-refractivity contribution >= 4 is 17.6 Å². The van der Waals surface area contributed by atoms with Gasteiger partial charge in [-0.3, -0.25) is 0 Å². The summed E-state index contributed by atoms with van der Waals surface area (Å²) in [6, 6.07) is 4.41. The lowest BCUT2D eigenvalue weighted by molar-refractivity contribution is 0.0693. The van der Waals surface area contributed by atoms with Crippen molar-refractivity contribution in [2.75, 3.05) is 0 Å². The first-order chi connectivity index (χ1) is 8.47. The molecule has 0 spiro atoms. The Morgan fingerprint density at radius 3 is 2.78 bits per heavy atom. The molecule has 0 aliphatic heterocycles. The maximum absolute atomic E-state index is 11.0. The number of hydrogen-bond donors (Lipinski definition) is 1. The zero-order valence-electron chi connectivity index (χ0n) is 9.72. The number of halogens is 1. The van der Waals surface area contributed by atoms with E-state index in [0.29, 0.717) is 5.88 Å². The van der Waals surface area contributed by atoms with E-state index in [-0.39, 0.29) is 16.6 Å². The first-order valence-corrected chi connectivity index (χ1v) is 5.43. The Labute approximate surface area is 108 Å². The molecular weight excluding hydrogens is 258 g/mol. The molecule has 2 rings (SSSR count). The van der Waals surface area contributed by atoms with E-state index in [1.807, 2.05) is 0 Å². The van der Waals surface area contributed by atoms with Gasteiger partial charge in [0.05, 0.1) is 5.69 Å². The Kier molecular flexibility index (Phi) is 3.20. The molecule has 18 heavy (non-hydrogen) atoms. The van der Waals surface area contributed by atoms with E-state index in [1.165, 1.54) is 16.8 Å². The molecule has 2 aromatic heterocycles. The fraction of sp³-hybridized carbons (Fsp3) is 0.182. The van der Waals surface area contributed by atoms with Crippen LogP contribution < -0.4 is 4.74 Å². The summed E-state index contributed by atoms with van der Waals surface area (Å²) in [6.45, 7) is 1.80. The second-order valence-corrected chi connectivity index (χ2v) is 4.03. The molecule has 0 radical (unpaired) electrons. The standard InChI is InChI=1S/C11H10ClN3O3/c1-6-5-9(15(2)14-6)18-10-7(11(16)17)3-4-8(12)13-10/h3-5H,1-2H3,(H,16,17). The predicted molar refractivity (Wildman–Crippen MR) is 64.2 cm³/mol. The molecule has 94 valence electrons. The molecular formula is C11H10ClN3O3. The highest BCUT2D eigenvalue weighted by atomic mass is 35.5. The SMILES string of the molecule is Cc1cc(Oc2nc(Cl)ccc2C(=O)O)n(C)n1. The van der Waals surface area contributed by atoms with Gasteiger partial charge in [-0.1, -0.05) is 11.6 Å². The van der Waals surface area contributed by atoms with Crippen molar-refractivity contribution in [1.29, 1.82) is 0 Å². The van der Waals surface area contributed by atoms with Crippen LogP contribution in [0.2, 0.25) is 5.15 Å². The second kappa shape index (κ2) is 4.66. The van der Waals surface area contributed by atoms with Crippen molar-refractivity contribution in [3.05, 3.63) is 34.6 Å². The summed E-state index contributed by atoms with van der Waals surface area (Å²) in [7, 11) is 1.69. The van der Waals surface area contributed by atoms with E-state index in [4.69, 9.17) is 21.4 Å². The van der Waals surface area contributed by atoms with Gasteiger partial charge in [-0.25, -0.2) is 14.5 Å². The topological polar surface area (TPSA) is 77.2 Å². The number of ether oxygens (including phenoxy) is 1. The van der Waals surface area contributed by atoms with Gasteiger partial charge in [0, 0.05) is 13.1 Å². The van der Waals surface area contributed by atoms with Gasteiger partial charge < -0.3 is 9.84 Å². The lowest BCUT2D eigenvalue weighted by Crippen LogP contribution is -2.04. The molecule has 0 saturated carbocycles. The van der Waals surface area contributed by atoms with Crippen molar-refractivity contribution in [2.24, 2.45) is 7.05 Å². The van der Waals surface area contributed by atoms with Crippen LogP contribution in [0.3, 0.4) is 0 Å². The molecule has 1 N–H and O–H groups in total. The number of pyridine rings is 1. The average molecular weight is 268 g/mol. The quantitative estimate of drug-likeness (QED) is 0.863. The molecule has 7 heteroatoms. The van der Waals surface area contributed by atoms with E-state index >= 15 is 0 Å². The molecule has 0 aromatic carbocycles. The van der Waals surface area contributed by atoms with Crippen LogP contribution in [0.5, 0.6) is 11.8 Å². The molecule has 0 fully saturated rings. The zero-order chi connectivity index (χ0) is 13.3. The number of nitrogens with zero attached hydrogens (tertiary/aromatic N) is 3. The molecule has 0 saturated heterocycles. The first-order valence-electron chi connectivity index (χ1n) is 5.05. The van der Waals surface area contributed by atoms with E-state index in [2.05, 4.69) is 10.1 Å². The van der Waals surface area contributed by atoms with Crippen LogP contribution in [0, 0.1) is 6.92 Å². The number of carboxylic acid groups (broad SMARTS) is 1. The summed E-state index contributed by atoms with van der Waals surface area (Å²) in [5.41, 5.74) is 0.699. The molecule has 0 unspecified atom stereocenters. The highest BCUT2D eigenvalue weighted by molar-refractivity contribution is 6.29. The van der Waals surface area contributed by atoms with Gasteiger partial charge in [-0.05, 0) is 19.1 Å².